The van der Waals surface area contributed by atoms with E-state index in [1.807, 2.05) is 38.1 Å². The van der Waals surface area contributed by atoms with E-state index in [0.29, 0.717) is 13.0 Å². The SMILES string of the molecule is CCC(=O)Nc1ccc(C)c(NCc2occc2Br)c1. The molecule has 2 N–H and O–H groups in total. The Morgan fingerprint density at radius 2 is 2.15 bits per heavy atom. The lowest BCUT2D eigenvalue weighted by Gasteiger charge is -2.11. The summed E-state index contributed by atoms with van der Waals surface area (Å²) < 4.78 is 6.30. The molecule has 0 aliphatic heterocycles. The van der Waals surface area contributed by atoms with Crippen LogP contribution in [-0.2, 0) is 11.3 Å². The van der Waals surface area contributed by atoms with Crippen molar-refractivity contribution in [1.29, 1.82) is 0 Å². The second-order valence-electron chi connectivity index (χ2n) is 4.48. The zero-order valence-electron chi connectivity index (χ0n) is 11.5. The van der Waals surface area contributed by atoms with Crippen molar-refractivity contribution in [1.82, 2.24) is 0 Å². The lowest BCUT2D eigenvalue weighted by molar-refractivity contribution is -0.115. The fourth-order valence-corrected chi connectivity index (χ4v) is 2.11. The highest BCUT2D eigenvalue weighted by molar-refractivity contribution is 9.10. The summed E-state index contributed by atoms with van der Waals surface area (Å²) in [7, 11) is 0. The average Bonchev–Trinajstić information content (AvgIpc) is 2.84. The third-order valence-electron chi connectivity index (χ3n) is 2.97. The second-order valence-corrected chi connectivity index (χ2v) is 5.33. The van der Waals surface area contributed by atoms with Gasteiger partial charge in [0.25, 0.3) is 0 Å². The Morgan fingerprint density at radius 1 is 1.35 bits per heavy atom. The maximum atomic E-state index is 11.4. The van der Waals surface area contributed by atoms with E-state index in [0.717, 1.165) is 27.2 Å². The predicted octanol–water partition coefficient (Wildman–Crippen LogP) is 4.31. The molecule has 0 unspecified atom stereocenters. The summed E-state index contributed by atoms with van der Waals surface area (Å²) in [5, 5.41) is 6.16. The van der Waals surface area contributed by atoms with Gasteiger partial charge in [-0.15, -0.1) is 0 Å². The van der Waals surface area contributed by atoms with Gasteiger partial charge in [-0.25, -0.2) is 0 Å². The van der Waals surface area contributed by atoms with Gasteiger partial charge in [0.2, 0.25) is 5.91 Å². The van der Waals surface area contributed by atoms with Crippen LogP contribution in [-0.4, -0.2) is 5.91 Å². The fraction of sp³-hybridized carbons (Fsp3) is 0.267. The van der Waals surface area contributed by atoms with Crippen LogP contribution in [0.4, 0.5) is 11.4 Å². The molecule has 4 nitrogen and oxygen atoms in total. The highest BCUT2D eigenvalue weighted by Gasteiger charge is 2.06. The van der Waals surface area contributed by atoms with Crippen LogP contribution in [0, 0.1) is 6.92 Å². The van der Waals surface area contributed by atoms with Gasteiger partial charge < -0.3 is 15.1 Å². The zero-order valence-corrected chi connectivity index (χ0v) is 13.1. The molecule has 0 saturated carbocycles. The summed E-state index contributed by atoms with van der Waals surface area (Å²) in [4.78, 5) is 11.4. The summed E-state index contributed by atoms with van der Waals surface area (Å²) in [6.45, 7) is 4.43. The number of rotatable bonds is 5. The van der Waals surface area contributed by atoms with Crippen LogP contribution in [0.15, 0.2) is 39.4 Å². The van der Waals surface area contributed by atoms with Crippen molar-refractivity contribution in [3.05, 3.63) is 46.3 Å². The van der Waals surface area contributed by atoms with Gasteiger partial charge in [-0.3, -0.25) is 4.79 Å². The van der Waals surface area contributed by atoms with Crippen LogP contribution in [0.5, 0.6) is 0 Å². The topological polar surface area (TPSA) is 54.3 Å². The van der Waals surface area contributed by atoms with Crippen molar-refractivity contribution in [2.75, 3.05) is 10.6 Å². The zero-order chi connectivity index (χ0) is 14.5. The van der Waals surface area contributed by atoms with E-state index >= 15 is 0 Å². The molecule has 1 heterocycles. The van der Waals surface area contributed by atoms with Crippen molar-refractivity contribution >= 4 is 33.2 Å². The van der Waals surface area contributed by atoms with Crippen molar-refractivity contribution in [2.24, 2.45) is 0 Å². The van der Waals surface area contributed by atoms with Crippen molar-refractivity contribution in [2.45, 2.75) is 26.8 Å². The second kappa shape index (κ2) is 6.61. The first-order chi connectivity index (χ1) is 9.60. The Labute approximate surface area is 126 Å². The van der Waals surface area contributed by atoms with Crippen LogP contribution in [0.1, 0.15) is 24.7 Å². The molecule has 0 spiro atoms. The van der Waals surface area contributed by atoms with Crippen molar-refractivity contribution in [3.63, 3.8) is 0 Å². The number of amides is 1. The van der Waals surface area contributed by atoms with E-state index in [-0.39, 0.29) is 5.91 Å². The van der Waals surface area contributed by atoms with E-state index in [1.54, 1.807) is 6.26 Å². The number of carbonyl (C=O) groups is 1. The third kappa shape index (κ3) is 3.63. The van der Waals surface area contributed by atoms with Crippen LogP contribution in [0.2, 0.25) is 0 Å². The van der Waals surface area contributed by atoms with Crippen molar-refractivity contribution in [3.8, 4) is 0 Å². The van der Waals surface area contributed by atoms with Gasteiger partial charge in [-0.2, -0.15) is 0 Å². The number of aryl methyl sites for hydroxylation is 1. The highest BCUT2D eigenvalue weighted by atomic mass is 79.9. The van der Waals surface area contributed by atoms with E-state index in [4.69, 9.17) is 4.42 Å². The third-order valence-corrected chi connectivity index (χ3v) is 3.68. The van der Waals surface area contributed by atoms with Crippen molar-refractivity contribution < 1.29 is 9.21 Å². The number of hydrogen-bond acceptors (Lipinski definition) is 3. The molecular formula is C15H17BrN2O2. The molecular weight excluding hydrogens is 320 g/mol. The van der Waals surface area contributed by atoms with Gasteiger partial charge in [-0.05, 0) is 46.6 Å². The summed E-state index contributed by atoms with van der Waals surface area (Å²) >= 11 is 3.42. The number of furan rings is 1. The molecule has 2 rings (SSSR count). The van der Waals surface area contributed by atoms with Crippen LogP contribution in [0.3, 0.4) is 0 Å². The molecule has 5 heteroatoms. The average molecular weight is 337 g/mol. The van der Waals surface area contributed by atoms with Gasteiger partial charge in [0.1, 0.15) is 5.76 Å². The molecule has 0 saturated heterocycles. The Kier molecular flexibility index (Phi) is 4.84. The number of carbonyl (C=O) groups excluding carboxylic acids is 1. The summed E-state index contributed by atoms with van der Waals surface area (Å²) in [5.74, 6) is 0.848. The highest BCUT2D eigenvalue weighted by Crippen LogP contribution is 2.23. The Morgan fingerprint density at radius 3 is 2.80 bits per heavy atom. The minimum atomic E-state index is 0.00795. The van der Waals surface area contributed by atoms with Crippen LogP contribution >= 0.6 is 15.9 Å². The standard InChI is InChI=1S/C15H17BrN2O2/c1-3-15(19)18-11-5-4-10(2)13(8-11)17-9-14-12(16)6-7-20-14/h4-8,17H,3,9H2,1-2H3,(H,18,19). The lowest BCUT2D eigenvalue weighted by atomic mass is 10.1. The number of halogens is 1. The van der Waals surface area contributed by atoms with Crippen LogP contribution < -0.4 is 10.6 Å². The molecule has 1 aromatic heterocycles. The molecule has 0 aliphatic rings. The minimum absolute atomic E-state index is 0.00795. The Bertz CT molecular complexity index is 608. The van der Waals surface area contributed by atoms with Gasteiger partial charge in [0.15, 0.2) is 0 Å². The van der Waals surface area contributed by atoms with E-state index in [1.165, 1.54) is 0 Å². The number of nitrogens with one attached hydrogen (secondary N) is 2. The lowest BCUT2D eigenvalue weighted by Crippen LogP contribution is -2.10. The largest absolute Gasteiger partial charge is 0.466 e. The molecule has 0 aliphatic carbocycles. The maximum absolute atomic E-state index is 11.4. The predicted molar refractivity (Wildman–Crippen MR) is 83.8 cm³/mol. The van der Waals surface area contributed by atoms with Gasteiger partial charge in [0, 0.05) is 17.8 Å². The number of anilines is 2. The molecule has 0 bridgehead atoms. The number of hydrogen-bond donors (Lipinski definition) is 2. The normalized spacial score (nSPS) is 10.3. The molecule has 2 aromatic rings. The molecule has 0 atom stereocenters. The Balaban J connectivity index is 2.08. The first kappa shape index (κ1) is 14.7. The monoisotopic (exact) mass is 336 g/mol. The smallest absolute Gasteiger partial charge is 0.224 e. The van der Waals surface area contributed by atoms with E-state index in [9.17, 15) is 4.79 Å². The van der Waals surface area contributed by atoms with Crippen LogP contribution in [0.25, 0.3) is 0 Å². The fourth-order valence-electron chi connectivity index (χ4n) is 1.77. The number of benzene rings is 1. The van der Waals surface area contributed by atoms with Gasteiger partial charge in [-0.1, -0.05) is 13.0 Å². The summed E-state index contributed by atoms with van der Waals surface area (Å²) in [6, 6.07) is 7.67. The molecule has 1 aromatic carbocycles. The van der Waals surface area contributed by atoms with E-state index < -0.39 is 0 Å². The summed E-state index contributed by atoms with van der Waals surface area (Å²) in [6.07, 6.45) is 2.11. The molecule has 106 valence electrons. The van der Waals surface area contributed by atoms with Gasteiger partial charge in [0.05, 0.1) is 17.3 Å². The van der Waals surface area contributed by atoms with Gasteiger partial charge >= 0.3 is 0 Å². The maximum Gasteiger partial charge on any atom is 0.224 e. The molecule has 20 heavy (non-hydrogen) atoms. The molecule has 1 amide bonds. The minimum Gasteiger partial charge on any atom is -0.466 e. The Hall–Kier alpha value is -1.75. The summed E-state index contributed by atoms with van der Waals surface area (Å²) in [5.41, 5.74) is 2.88. The first-order valence-electron chi connectivity index (χ1n) is 6.46. The quantitative estimate of drug-likeness (QED) is 0.855. The first-order valence-corrected chi connectivity index (χ1v) is 7.25. The molecule has 0 fully saturated rings. The molecule has 0 radical (unpaired) electrons. The van der Waals surface area contributed by atoms with E-state index in [2.05, 4.69) is 26.6 Å².